The molecule has 0 saturated heterocycles. The predicted octanol–water partition coefficient (Wildman–Crippen LogP) is 4.16. The number of hydrogen-bond donors (Lipinski definition) is 3. The summed E-state index contributed by atoms with van der Waals surface area (Å²) in [5.74, 6) is 3.53. The summed E-state index contributed by atoms with van der Waals surface area (Å²) < 4.78 is 16.3. The summed E-state index contributed by atoms with van der Waals surface area (Å²) in [6, 6.07) is 4.36. The minimum Gasteiger partial charge on any atom is -0.493 e. The van der Waals surface area contributed by atoms with Crippen molar-refractivity contribution in [2.75, 3.05) is 51.0 Å². The van der Waals surface area contributed by atoms with E-state index in [0.717, 1.165) is 56.0 Å². The fourth-order valence-electron chi connectivity index (χ4n) is 5.08. The Morgan fingerprint density at radius 3 is 2.17 bits per heavy atom. The van der Waals surface area contributed by atoms with Crippen LogP contribution in [0.5, 0.6) is 17.2 Å². The summed E-state index contributed by atoms with van der Waals surface area (Å²) in [5, 5.41) is 10.9. The van der Waals surface area contributed by atoms with Crippen LogP contribution >= 0.6 is 12.2 Å². The Hall–Kier alpha value is -3.01. The second kappa shape index (κ2) is 11.8. The fourth-order valence-corrected chi connectivity index (χ4v) is 5.36. The monoisotopic (exact) mass is 514 g/mol. The van der Waals surface area contributed by atoms with Crippen molar-refractivity contribution < 1.29 is 14.2 Å². The van der Waals surface area contributed by atoms with Crippen molar-refractivity contribution in [2.45, 2.75) is 63.5 Å². The molecule has 4 rings (SSSR count). The first kappa shape index (κ1) is 26.1. The van der Waals surface area contributed by atoms with E-state index in [1.807, 2.05) is 12.1 Å². The Kier molecular flexibility index (Phi) is 8.56. The molecule has 0 aliphatic heterocycles. The van der Waals surface area contributed by atoms with Gasteiger partial charge in [0, 0.05) is 49.6 Å². The third-order valence-corrected chi connectivity index (χ3v) is 7.12. The van der Waals surface area contributed by atoms with Gasteiger partial charge in [0.05, 0.1) is 27.0 Å². The molecule has 36 heavy (non-hydrogen) atoms. The van der Waals surface area contributed by atoms with E-state index in [1.54, 1.807) is 21.3 Å². The number of aryl methyl sites for hydroxylation is 1. The van der Waals surface area contributed by atoms with E-state index in [1.165, 1.54) is 24.1 Å². The zero-order chi connectivity index (χ0) is 25.7. The molecular formula is C26H38N6O3S. The summed E-state index contributed by atoms with van der Waals surface area (Å²) in [6.07, 6.45) is 8.63. The van der Waals surface area contributed by atoms with E-state index in [4.69, 9.17) is 36.4 Å². The van der Waals surface area contributed by atoms with Crippen molar-refractivity contribution in [1.29, 1.82) is 0 Å². The molecule has 1 aromatic carbocycles. The molecule has 10 heteroatoms. The molecule has 2 aromatic rings. The number of benzene rings is 1. The minimum atomic E-state index is 0.312. The minimum absolute atomic E-state index is 0.312. The van der Waals surface area contributed by atoms with E-state index in [2.05, 4.69) is 34.9 Å². The molecule has 1 heterocycles. The summed E-state index contributed by atoms with van der Waals surface area (Å²) in [6.45, 7) is 0. The molecule has 3 N–H and O–H groups in total. The van der Waals surface area contributed by atoms with E-state index in [0.29, 0.717) is 34.4 Å². The number of rotatable bonds is 8. The number of methoxy groups -OCH3 is 3. The number of anilines is 3. The van der Waals surface area contributed by atoms with Gasteiger partial charge in [-0.15, -0.1) is 0 Å². The lowest BCUT2D eigenvalue weighted by Crippen LogP contribution is -2.42. The molecular weight excluding hydrogens is 476 g/mol. The standard InChI is InChI=1S/C26H38N6O3S/c1-32(2)24-19-8-6-7-9-20(19)30-25(31-24)27-16-10-12-17(13-11-16)28-26(36)29-18-14-21(33-3)23(35-5)22(15-18)34-4/h14-17H,6-13H2,1-5H3,(H,27,30,31)(H2,28,29,36). The second-order valence-corrected chi connectivity index (χ2v) is 10.0. The fraction of sp³-hybridized carbons (Fsp3) is 0.577. The number of ether oxygens (including phenoxy) is 3. The number of thiocarbonyl (C=S) groups is 1. The van der Waals surface area contributed by atoms with E-state index in [-0.39, 0.29) is 0 Å². The van der Waals surface area contributed by atoms with Crippen molar-refractivity contribution in [2.24, 2.45) is 0 Å². The van der Waals surface area contributed by atoms with Gasteiger partial charge in [0.25, 0.3) is 0 Å². The summed E-state index contributed by atoms with van der Waals surface area (Å²) in [5.41, 5.74) is 3.30. The van der Waals surface area contributed by atoms with Gasteiger partial charge < -0.3 is 35.1 Å². The van der Waals surface area contributed by atoms with Crippen LogP contribution in [0.3, 0.4) is 0 Å². The average molecular weight is 515 g/mol. The van der Waals surface area contributed by atoms with Crippen LogP contribution in [0, 0.1) is 0 Å². The number of aromatic nitrogens is 2. The molecule has 1 saturated carbocycles. The molecule has 9 nitrogen and oxygen atoms in total. The van der Waals surface area contributed by atoms with Gasteiger partial charge in [-0.1, -0.05) is 0 Å². The number of nitrogens with zero attached hydrogens (tertiary/aromatic N) is 3. The van der Waals surface area contributed by atoms with Crippen molar-refractivity contribution in [1.82, 2.24) is 15.3 Å². The first-order chi connectivity index (χ1) is 17.4. The SMILES string of the molecule is COc1cc(NC(=S)NC2CCC(Nc3nc4c(c(N(C)C)n3)CCCC4)CC2)cc(OC)c1OC. The quantitative estimate of drug-likeness (QED) is 0.446. The Bertz CT molecular complexity index is 1050. The third kappa shape index (κ3) is 6.03. The Morgan fingerprint density at radius 2 is 1.56 bits per heavy atom. The number of nitrogens with one attached hydrogen (secondary N) is 3. The summed E-state index contributed by atoms with van der Waals surface area (Å²) >= 11 is 5.59. The van der Waals surface area contributed by atoms with Gasteiger partial charge in [-0.3, -0.25) is 0 Å². The maximum absolute atomic E-state index is 5.59. The molecule has 0 atom stereocenters. The zero-order valence-electron chi connectivity index (χ0n) is 21.9. The van der Waals surface area contributed by atoms with Crippen LogP contribution < -0.4 is 35.1 Å². The molecule has 0 amide bonds. The van der Waals surface area contributed by atoms with Crippen LogP contribution in [0.1, 0.15) is 49.8 Å². The van der Waals surface area contributed by atoms with Crippen LogP contribution in [0.15, 0.2) is 12.1 Å². The van der Waals surface area contributed by atoms with E-state index in [9.17, 15) is 0 Å². The highest BCUT2D eigenvalue weighted by Crippen LogP contribution is 2.40. The number of hydrogen-bond acceptors (Lipinski definition) is 8. The highest BCUT2D eigenvalue weighted by molar-refractivity contribution is 7.80. The molecule has 0 bridgehead atoms. The van der Waals surface area contributed by atoms with Gasteiger partial charge in [-0.2, -0.15) is 4.98 Å². The maximum Gasteiger partial charge on any atom is 0.225 e. The first-order valence-corrected chi connectivity index (χ1v) is 13.0. The van der Waals surface area contributed by atoms with Crippen LogP contribution in [0.2, 0.25) is 0 Å². The number of fused-ring (bicyclic) bond motifs is 1. The van der Waals surface area contributed by atoms with Gasteiger partial charge in [-0.25, -0.2) is 4.98 Å². The highest BCUT2D eigenvalue weighted by Gasteiger charge is 2.24. The maximum atomic E-state index is 5.59. The Labute approximate surface area is 219 Å². The molecule has 0 radical (unpaired) electrons. The lowest BCUT2D eigenvalue weighted by atomic mass is 9.91. The Balaban J connectivity index is 1.31. The van der Waals surface area contributed by atoms with Crippen LogP contribution in [-0.2, 0) is 12.8 Å². The van der Waals surface area contributed by atoms with Gasteiger partial charge in [-0.05, 0) is 63.6 Å². The van der Waals surface area contributed by atoms with Gasteiger partial charge in [0.1, 0.15) is 5.82 Å². The second-order valence-electron chi connectivity index (χ2n) is 9.60. The van der Waals surface area contributed by atoms with E-state index < -0.39 is 0 Å². The lowest BCUT2D eigenvalue weighted by molar-refractivity contribution is 0.324. The molecule has 196 valence electrons. The summed E-state index contributed by atoms with van der Waals surface area (Å²) in [7, 11) is 8.91. The molecule has 0 spiro atoms. The predicted molar refractivity (Wildman–Crippen MR) is 148 cm³/mol. The van der Waals surface area contributed by atoms with E-state index >= 15 is 0 Å². The Morgan fingerprint density at radius 1 is 0.917 bits per heavy atom. The smallest absolute Gasteiger partial charge is 0.225 e. The van der Waals surface area contributed by atoms with Crippen LogP contribution in [0.25, 0.3) is 0 Å². The lowest BCUT2D eigenvalue weighted by Gasteiger charge is -2.31. The van der Waals surface area contributed by atoms with Gasteiger partial charge >= 0.3 is 0 Å². The van der Waals surface area contributed by atoms with Gasteiger partial charge in [0.15, 0.2) is 16.6 Å². The molecule has 1 fully saturated rings. The zero-order valence-corrected chi connectivity index (χ0v) is 22.8. The topological polar surface area (TPSA) is 92.8 Å². The molecule has 2 aliphatic carbocycles. The third-order valence-electron chi connectivity index (χ3n) is 6.90. The van der Waals surface area contributed by atoms with Gasteiger partial charge in [0.2, 0.25) is 11.7 Å². The highest BCUT2D eigenvalue weighted by atomic mass is 32.1. The van der Waals surface area contributed by atoms with Crippen LogP contribution in [0.4, 0.5) is 17.5 Å². The molecule has 2 aliphatic rings. The summed E-state index contributed by atoms with van der Waals surface area (Å²) in [4.78, 5) is 11.9. The van der Waals surface area contributed by atoms with Crippen molar-refractivity contribution in [3.05, 3.63) is 23.4 Å². The molecule has 0 unspecified atom stereocenters. The average Bonchev–Trinajstić information content (AvgIpc) is 2.88. The van der Waals surface area contributed by atoms with Crippen molar-refractivity contribution in [3.8, 4) is 17.2 Å². The normalized spacial score (nSPS) is 19.0. The van der Waals surface area contributed by atoms with Crippen molar-refractivity contribution in [3.63, 3.8) is 0 Å². The van der Waals surface area contributed by atoms with Crippen molar-refractivity contribution >= 4 is 34.8 Å². The molecule has 1 aromatic heterocycles. The van der Waals surface area contributed by atoms with Crippen LogP contribution in [-0.4, -0.2) is 62.6 Å². The largest absolute Gasteiger partial charge is 0.493 e. The first-order valence-electron chi connectivity index (χ1n) is 12.6.